The highest BCUT2D eigenvalue weighted by Crippen LogP contribution is 2.43. The molecule has 2 heterocycles. The van der Waals surface area contributed by atoms with E-state index in [1.165, 1.54) is 29.7 Å². The van der Waals surface area contributed by atoms with Crippen molar-refractivity contribution in [1.82, 2.24) is 15.5 Å². The molecular formula is C16H24N4. The van der Waals surface area contributed by atoms with Crippen molar-refractivity contribution in [3.05, 3.63) is 35.8 Å². The summed E-state index contributed by atoms with van der Waals surface area (Å²) in [5, 5.41) is 6.66. The summed E-state index contributed by atoms with van der Waals surface area (Å²) in [5.74, 6) is 1.68. The van der Waals surface area contributed by atoms with Crippen LogP contribution in [0.25, 0.3) is 0 Å². The first kappa shape index (κ1) is 13.4. The van der Waals surface area contributed by atoms with Crippen LogP contribution in [0.1, 0.15) is 26.7 Å². The standard InChI is InChI=1S/C16H24N4/c1-4-18-16-15(14(10-19-16)13-5-6-13)12(3)20-8-7-17-9-11(20)2/h4,10-11,13,17H,1,5-9H2,2-3H3,(H,18,19)/b15-12+. The summed E-state index contributed by atoms with van der Waals surface area (Å²) in [7, 11) is 0. The van der Waals surface area contributed by atoms with E-state index in [4.69, 9.17) is 0 Å². The maximum absolute atomic E-state index is 4.56. The molecule has 0 radical (unpaired) electrons. The molecule has 1 atom stereocenters. The van der Waals surface area contributed by atoms with E-state index in [2.05, 4.69) is 47.2 Å². The van der Waals surface area contributed by atoms with Gasteiger partial charge in [0.05, 0.1) is 0 Å². The molecular weight excluding hydrogens is 248 g/mol. The highest BCUT2D eigenvalue weighted by atomic mass is 15.2. The minimum absolute atomic E-state index is 0.530. The SMILES string of the molecule is C=CNC1=NC=C(C2CC2)/C1=C(/C)N1CCNCC1C. The molecule has 0 aromatic rings. The average molecular weight is 272 g/mol. The number of piperazine rings is 1. The normalized spacial score (nSPS) is 28.9. The molecule has 3 aliphatic rings. The van der Waals surface area contributed by atoms with E-state index in [1.54, 1.807) is 6.20 Å². The fraction of sp³-hybridized carbons (Fsp3) is 0.562. The Balaban J connectivity index is 1.92. The zero-order valence-electron chi connectivity index (χ0n) is 12.4. The molecule has 1 unspecified atom stereocenters. The summed E-state index contributed by atoms with van der Waals surface area (Å²) in [4.78, 5) is 7.07. The first-order valence-corrected chi connectivity index (χ1v) is 7.56. The Labute approximate surface area is 121 Å². The van der Waals surface area contributed by atoms with Crippen molar-refractivity contribution >= 4 is 5.84 Å². The molecule has 4 nitrogen and oxygen atoms in total. The third-order valence-electron chi connectivity index (χ3n) is 4.41. The molecule has 3 rings (SSSR count). The van der Waals surface area contributed by atoms with Crippen molar-refractivity contribution in [2.75, 3.05) is 19.6 Å². The van der Waals surface area contributed by atoms with Crippen molar-refractivity contribution in [3.8, 4) is 0 Å². The van der Waals surface area contributed by atoms with Crippen molar-refractivity contribution in [3.63, 3.8) is 0 Å². The van der Waals surface area contributed by atoms with Crippen molar-refractivity contribution in [1.29, 1.82) is 0 Å². The van der Waals surface area contributed by atoms with Crippen LogP contribution in [0.15, 0.2) is 40.8 Å². The van der Waals surface area contributed by atoms with Gasteiger partial charge in [0.25, 0.3) is 0 Å². The topological polar surface area (TPSA) is 39.7 Å². The molecule has 2 fully saturated rings. The average Bonchev–Trinajstić information content (AvgIpc) is 3.21. The van der Waals surface area contributed by atoms with E-state index in [0.29, 0.717) is 12.0 Å². The van der Waals surface area contributed by atoms with Crippen LogP contribution in [-0.2, 0) is 0 Å². The van der Waals surface area contributed by atoms with Gasteiger partial charge in [0.15, 0.2) is 0 Å². The summed E-state index contributed by atoms with van der Waals surface area (Å²) in [6, 6.07) is 0.530. The third-order valence-corrected chi connectivity index (χ3v) is 4.41. The van der Waals surface area contributed by atoms with Crippen LogP contribution in [0.3, 0.4) is 0 Å². The van der Waals surface area contributed by atoms with Crippen LogP contribution < -0.4 is 10.6 Å². The van der Waals surface area contributed by atoms with E-state index < -0.39 is 0 Å². The first-order chi connectivity index (χ1) is 9.72. The van der Waals surface area contributed by atoms with E-state index in [1.807, 2.05) is 0 Å². The highest BCUT2D eigenvalue weighted by molar-refractivity contribution is 6.06. The second kappa shape index (κ2) is 5.44. The van der Waals surface area contributed by atoms with Crippen LogP contribution in [0, 0.1) is 5.92 Å². The number of aliphatic imine (C=N–C) groups is 1. The molecule has 0 bridgehead atoms. The van der Waals surface area contributed by atoms with Gasteiger partial charge in [-0.15, -0.1) is 0 Å². The van der Waals surface area contributed by atoms with Crippen molar-refractivity contribution in [2.45, 2.75) is 32.7 Å². The Morgan fingerprint density at radius 1 is 1.55 bits per heavy atom. The van der Waals surface area contributed by atoms with Gasteiger partial charge in [-0.3, -0.25) is 0 Å². The molecule has 0 spiro atoms. The zero-order valence-corrected chi connectivity index (χ0v) is 12.4. The maximum atomic E-state index is 4.56. The predicted molar refractivity (Wildman–Crippen MR) is 83.3 cm³/mol. The molecule has 0 aromatic carbocycles. The fourth-order valence-electron chi connectivity index (χ4n) is 3.17. The van der Waals surface area contributed by atoms with Gasteiger partial charge in [0, 0.05) is 43.1 Å². The van der Waals surface area contributed by atoms with Crippen LogP contribution in [0.4, 0.5) is 0 Å². The molecule has 2 aliphatic heterocycles. The van der Waals surface area contributed by atoms with Crippen LogP contribution in [-0.4, -0.2) is 36.4 Å². The highest BCUT2D eigenvalue weighted by Gasteiger charge is 2.34. The number of allylic oxidation sites excluding steroid dienone is 1. The number of amidine groups is 1. The minimum Gasteiger partial charge on any atom is -0.369 e. The number of hydrogen-bond acceptors (Lipinski definition) is 4. The Kier molecular flexibility index (Phi) is 3.66. The Bertz CT molecular complexity index is 497. The lowest BCUT2D eigenvalue weighted by Gasteiger charge is -2.37. The fourth-order valence-corrected chi connectivity index (χ4v) is 3.17. The molecule has 0 amide bonds. The lowest BCUT2D eigenvalue weighted by Crippen LogP contribution is -2.49. The maximum Gasteiger partial charge on any atom is 0.139 e. The molecule has 1 saturated heterocycles. The largest absolute Gasteiger partial charge is 0.369 e. The summed E-state index contributed by atoms with van der Waals surface area (Å²) in [6.07, 6.45) is 6.37. The lowest BCUT2D eigenvalue weighted by molar-refractivity contribution is 0.223. The second-order valence-corrected chi connectivity index (χ2v) is 5.89. The van der Waals surface area contributed by atoms with Crippen molar-refractivity contribution in [2.24, 2.45) is 10.9 Å². The number of nitrogens with zero attached hydrogens (tertiary/aromatic N) is 2. The molecule has 108 valence electrons. The molecule has 4 heteroatoms. The van der Waals surface area contributed by atoms with Gasteiger partial charge in [0.1, 0.15) is 5.84 Å². The lowest BCUT2D eigenvalue weighted by atomic mass is 9.99. The van der Waals surface area contributed by atoms with E-state index in [-0.39, 0.29) is 0 Å². The van der Waals surface area contributed by atoms with Gasteiger partial charge < -0.3 is 15.5 Å². The van der Waals surface area contributed by atoms with E-state index >= 15 is 0 Å². The summed E-state index contributed by atoms with van der Waals surface area (Å²) < 4.78 is 0. The monoisotopic (exact) mass is 272 g/mol. The van der Waals surface area contributed by atoms with Crippen LogP contribution >= 0.6 is 0 Å². The quantitative estimate of drug-likeness (QED) is 0.825. The summed E-state index contributed by atoms with van der Waals surface area (Å²) >= 11 is 0. The summed E-state index contributed by atoms with van der Waals surface area (Å²) in [6.45, 7) is 11.5. The predicted octanol–water partition coefficient (Wildman–Crippen LogP) is 1.99. The number of rotatable bonds is 3. The number of hydrogen-bond donors (Lipinski definition) is 2. The molecule has 20 heavy (non-hydrogen) atoms. The van der Waals surface area contributed by atoms with Gasteiger partial charge in [0.2, 0.25) is 0 Å². The minimum atomic E-state index is 0.530. The van der Waals surface area contributed by atoms with E-state index in [0.717, 1.165) is 25.5 Å². The first-order valence-electron chi connectivity index (χ1n) is 7.56. The zero-order chi connectivity index (χ0) is 14.1. The molecule has 1 aliphatic carbocycles. The van der Waals surface area contributed by atoms with E-state index in [9.17, 15) is 0 Å². The van der Waals surface area contributed by atoms with Gasteiger partial charge in [-0.05, 0) is 44.4 Å². The molecule has 1 saturated carbocycles. The Morgan fingerprint density at radius 2 is 2.35 bits per heavy atom. The summed E-state index contributed by atoms with van der Waals surface area (Å²) in [5.41, 5.74) is 4.07. The van der Waals surface area contributed by atoms with Crippen molar-refractivity contribution < 1.29 is 0 Å². The van der Waals surface area contributed by atoms with Gasteiger partial charge in [-0.2, -0.15) is 0 Å². The molecule has 2 N–H and O–H groups in total. The van der Waals surface area contributed by atoms with Gasteiger partial charge in [-0.1, -0.05) is 6.58 Å². The second-order valence-electron chi connectivity index (χ2n) is 5.89. The number of nitrogens with one attached hydrogen (secondary N) is 2. The Morgan fingerprint density at radius 3 is 3.00 bits per heavy atom. The Hall–Kier alpha value is -1.55. The van der Waals surface area contributed by atoms with Crippen LogP contribution in [0.5, 0.6) is 0 Å². The van der Waals surface area contributed by atoms with Gasteiger partial charge in [-0.25, -0.2) is 4.99 Å². The van der Waals surface area contributed by atoms with Gasteiger partial charge >= 0.3 is 0 Å². The third kappa shape index (κ3) is 2.40. The smallest absolute Gasteiger partial charge is 0.139 e. The molecule has 0 aromatic heterocycles. The van der Waals surface area contributed by atoms with Crippen LogP contribution in [0.2, 0.25) is 0 Å².